The lowest BCUT2D eigenvalue weighted by Crippen LogP contribution is -2.60. The van der Waals surface area contributed by atoms with Crippen LogP contribution in [-0.2, 0) is 9.59 Å². The van der Waals surface area contributed by atoms with Crippen molar-refractivity contribution in [1.29, 1.82) is 0 Å². The van der Waals surface area contributed by atoms with Gasteiger partial charge in [0.2, 0.25) is 11.8 Å². The molecule has 2 amide bonds. The number of benzene rings is 2. The third kappa shape index (κ3) is 8.42. The Hall–Kier alpha value is -2.90. The van der Waals surface area contributed by atoms with Crippen LogP contribution in [0.5, 0.6) is 5.75 Å². The first-order valence-corrected chi connectivity index (χ1v) is 17.0. The average molecular weight is 603 g/mol. The summed E-state index contributed by atoms with van der Waals surface area (Å²) in [5.41, 5.74) is 2.47. The van der Waals surface area contributed by atoms with Gasteiger partial charge in [-0.15, -0.1) is 0 Å². The number of piperazine rings is 1. The standard InChI is InChI=1S/C37H54N4O3/c1-29(42)39-21-17-30(18-22-39)27-35(43)41-24-23-40(28-34(41)37(2,3)4)36(31-11-7-5-8-12-31)32-13-15-33(16-14-32)44-26-25-38-19-9-6-10-20-38/h5,7-8,11-16,30,34,36H,6,9-10,17-28H2,1-4H3/t34-,36?/m1/s1. The van der Waals surface area contributed by atoms with Gasteiger partial charge in [0.25, 0.3) is 0 Å². The van der Waals surface area contributed by atoms with Gasteiger partial charge in [0.05, 0.1) is 6.04 Å². The Labute approximate surface area is 265 Å². The summed E-state index contributed by atoms with van der Waals surface area (Å²) in [6.07, 6.45) is 6.37. The van der Waals surface area contributed by atoms with Crippen molar-refractivity contribution in [3.05, 3.63) is 65.7 Å². The number of rotatable bonds is 9. The van der Waals surface area contributed by atoms with Crippen molar-refractivity contribution in [3.8, 4) is 5.75 Å². The van der Waals surface area contributed by atoms with Gasteiger partial charge in [-0.1, -0.05) is 69.7 Å². The molecular formula is C37H54N4O3. The molecule has 7 heteroatoms. The van der Waals surface area contributed by atoms with Crippen LogP contribution in [0.1, 0.15) is 83.4 Å². The molecule has 0 saturated carbocycles. The smallest absolute Gasteiger partial charge is 0.223 e. The fourth-order valence-electron chi connectivity index (χ4n) is 7.37. The lowest BCUT2D eigenvalue weighted by Gasteiger charge is -2.50. The lowest BCUT2D eigenvalue weighted by molar-refractivity contribution is -0.141. The second-order valence-corrected chi connectivity index (χ2v) is 14.3. The molecule has 2 aromatic rings. The van der Waals surface area contributed by atoms with E-state index in [1.54, 1.807) is 6.92 Å². The molecular weight excluding hydrogens is 548 g/mol. The Morgan fingerprint density at radius 1 is 0.841 bits per heavy atom. The average Bonchev–Trinajstić information content (AvgIpc) is 3.03. The zero-order valence-electron chi connectivity index (χ0n) is 27.5. The minimum absolute atomic E-state index is 0.0559. The number of hydrogen-bond acceptors (Lipinski definition) is 5. The minimum atomic E-state index is -0.0559. The van der Waals surface area contributed by atoms with E-state index in [0.29, 0.717) is 12.3 Å². The van der Waals surface area contributed by atoms with E-state index in [4.69, 9.17) is 4.74 Å². The second kappa shape index (κ2) is 14.9. The third-order valence-electron chi connectivity index (χ3n) is 10.1. The van der Waals surface area contributed by atoms with Gasteiger partial charge < -0.3 is 14.5 Å². The number of likely N-dealkylation sites (tertiary alicyclic amines) is 2. The van der Waals surface area contributed by atoms with E-state index in [9.17, 15) is 9.59 Å². The molecule has 3 heterocycles. The van der Waals surface area contributed by atoms with Crippen LogP contribution in [0.4, 0.5) is 0 Å². The molecule has 7 nitrogen and oxygen atoms in total. The highest BCUT2D eigenvalue weighted by Crippen LogP contribution is 2.36. The van der Waals surface area contributed by atoms with Crippen molar-refractivity contribution < 1.29 is 14.3 Å². The Balaban J connectivity index is 1.26. The highest BCUT2D eigenvalue weighted by Gasteiger charge is 2.40. The van der Waals surface area contributed by atoms with Crippen LogP contribution >= 0.6 is 0 Å². The van der Waals surface area contributed by atoms with E-state index >= 15 is 0 Å². The summed E-state index contributed by atoms with van der Waals surface area (Å²) >= 11 is 0. The van der Waals surface area contributed by atoms with Gasteiger partial charge in [-0.3, -0.25) is 19.4 Å². The van der Waals surface area contributed by atoms with Crippen LogP contribution in [0.2, 0.25) is 0 Å². The summed E-state index contributed by atoms with van der Waals surface area (Å²) in [7, 11) is 0. The number of carbonyl (C=O) groups is 2. The molecule has 3 fully saturated rings. The number of amides is 2. The van der Waals surface area contributed by atoms with Gasteiger partial charge in [-0.05, 0) is 73.4 Å². The molecule has 3 saturated heterocycles. The van der Waals surface area contributed by atoms with Crippen LogP contribution in [0.15, 0.2) is 54.6 Å². The zero-order valence-corrected chi connectivity index (χ0v) is 27.5. The van der Waals surface area contributed by atoms with Gasteiger partial charge in [0.1, 0.15) is 12.4 Å². The normalized spacial score (nSPS) is 21.7. The number of piperidine rings is 2. The van der Waals surface area contributed by atoms with E-state index in [2.05, 4.69) is 90.1 Å². The molecule has 0 bridgehead atoms. The number of nitrogens with zero attached hydrogens (tertiary/aromatic N) is 4. The molecule has 0 radical (unpaired) electrons. The Kier molecular flexibility index (Phi) is 11.0. The Morgan fingerprint density at radius 2 is 1.50 bits per heavy atom. The van der Waals surface area contributed by atoms with Crippen molar-refractivity contribution in [3.63, 3.8) is 0 Å². The molecule has 5 rings (SSSR count). The molecule has 0 aliphatic carbocycles. The van der Waals surface area contributed by atoms with E-state index in [1.807, 2.05) is 4.90 Å². The van der Waals surface area contributed by atoms with Gasteiger partial charge >= 0.3 is 0 Å². The zero-order chi connectivity index (χ0) is 31.1. The summed E-state index contributed by atoms with van der Waals surface area (Å²) < 4.78 is 6.16. The van der Waals surface area contributed by atoms with Crippen LogP contribution in [0.25, 0.3) is 0 Å². The summed E-state index contributed by atoms with van der Waals surface area (Å²) in [6, 6.07) is 19.7. The van der Waals surface area contributed by atoms with Gasteiger partial charge in [-0.2, -0.15) is 0 Å². The largest absolute Gasteiger partial charge is 0.492 e. The first-order valence-electron chi connectivity index (χ1n) is 17.0. The van der Waals surface area contributed by atoms with Crippen molar-refractivity contribution >= 4 is 11.8 Å². The molecule has 44 heavy (non-hydrogen) atoms. The predicted molar refractivity (Wildman–Crippen MR) is 177 cm³/mol. The third-order valence-corrected chi connectivity index (χ3v) is 10.1. The molecule has 0 N–H and O–H groups in total. The molecule has 240 valence electrons. The molecule has 0 spiro atoms. The van der Waals surface area contributed by atoms with Crippen molar-refractivity contribution in [2.75, 3.05) is 59.0 Å². The molecule has 3 aliphatic heterocycles. The topological polar surface area (TPSA) is 56.3 Å². The van der Waals surface area contributed by atoms with Crippen LogP contribution in [0.3, 0.4) is 0 Å². The van der Waals surface area contributed by atoms with E-state index in [0.717, 1.165) is 64.5 Å². The second-order valence-electron chi connectivity index (χ2n) is 14.3. The summed E-state index contributed by atoms with van der Waals surface area (Å²) in [5, 5.41) is 0. The lowest BCUT2D eigenvalue weighted by atomic mass is 9.82. The maximum Gasteiger partial charge on any atom is 0.223 e. The number of carbonyl (C=O) groups excluding carboxylic acids is 2. The van der Waals surface area contributed by atoms with Crippen molar-refractivity contribution in [2.45, 2.75) is 78.3 Å². The van der Waals surface area contributed by atoms with E-state index in [-0.39, 0.29) is 29.3 Å². The fraction of sp³-hybridized carbons (Fsp3) is 0.622. The summed E-state index contributed by atoms with van der Waals surface area (Å²) in [4.78, 5) is 34.7. The van der Waals surface area contributed by atoms with E-state index < -0.39 is 0 Å². The van der Waals surface area contributed by atoms with Gasteiger partial charge in [0, 0.05) is 58.7 Å². The first-order chi connectivity index (χ1) is 21.2. The quantitative estimate of drug-likeness (QED) is 0.361. The fourth-order valence-corrected chi connectivity index (χ4v) is 7.37. The van der Waals surface area contributed by atoms with Gasteiger partial charge in [-0.25, -0.2) is 0 Å². The van der Waals surface area contributed by atoms with Gasteiger partial charge in [0.15, 0.2) is 0 Å². The van der Waals surface area contributed by atoms with Crippen LogP contribution in [0, 0.1) is 11.3 Å². The number of hydrogen-bond donors (Lipinski definition) is 0. The van der Waals surface area contributed by atoms with Crippen LogP contribution in [-0.4, -0.2) is 96.4 Å². The molecule has 3 aliphatic rings. The van der Waals surface area contributed by atoms with Crippen molar-refractivity contribution in [1.82, 2.24) is 19.6 Å². The highest BCUT2D eigenvalue weighted by molar-refractivity contribution is 5.77. The Bertz CT molecular complexity index is 1200. The Morgan fingerprint density at radius 3 is 2.14 bits per heavy atom. The highest BCUT2D eigenvalue weighted by atomic mass is 16.5. The summed E-state index contributed by atoms with van der Waals surface area (Å²) in [6.45, 7) is 16.4. The maximum absolute atomic E-state index is 13.8. The first kappa shape index (κ1) is 32.5. The molecule has 2 atom stereocenters. The SMILES string of the molecule is CC(=O)N1CCC(CC(=O)N2CCN(C(c3ccccc3)c3ccc(OCCN4CCCCC4)cc3)C[C@@H]2C(C)(C)C)CC1. The molecule has 2 aromatic carbocycles. The minimum Gasteiger partial charge on any atom is -0.492 e. The molecule has 0 aromatic heterocycles. The monoisotopic (exact) mass is 602 g/mol. The van der Waals surface area contributed by atoms with Crippen LogP contribution < -0.4 is 4.74 Å². The van der Waals surface area contributed by atoms with Crippen molar-refractivity contribution in [2.24, 2.45) is 11.3 Å². The van der Waals surface area contributed by atoms with E-state index in [1.165, 1.54) is 43.5 Å². The summed E-state index contributed by atoms with van der Waals surface area (Å²) in [5.74, 6) is 1.69. The molecule has 1 unspecified atom stereocenters. The number of ether oxygens (including phenoxy) is 1. The predicted octanol–water partition coefficient (Wildman–Crippen LogP) is 5.85. The maximum atomic E-state index is 13.8.